The van der Waals surface area contributed by atoms with Crippen molar-refractivity contribution < 1.29 is 13.9 Å². The van der Waals surface area contributed by atoms with Crippen LogP contribution in [-0.4, -0.2) is 27.5 Å². The number of aromatic nitrogens is 2. The van der Waals surface area contributed by atoms with Gasteiger partial charge in [0.25, 0.3) is 5.91 Å². The SMILES string of the molecule is CCCC1(c2ccc(C#N)cc2OC)C(=O)N(Cc2ccc(F)cc2)Cc2cncn21. The first-order valence-electron chi connectivity index (χ1n) is 10.2. The maximum Gasteiger partial charge on any atom is 0.254 e. The van der Waals surface area contributed by atoms with Crippen molar-refractivity contribution in [3.8, 4) is 11.8 Å². The molecule has 1 atom stereocenters. The summed E-state index contributed by atoms with van der Waals surface area (Å²) in [5.74, 6) is 0.103. The monoisotopic (exact) mass is 418 g/mol. The zero-order chi connectivity index (χ0) is 22.0. The number of ether oxygens (including phenoxy) is 1. The van der Waals surface area contributed by atoms with Crippen LogP contribution in [-0.2, 0) is 23.4 Å². The van der Waals surface area contributed by atoms with Gasteiger partial charge in [-0.05, 0) is 36.2 Å². The van der Waals surface area contributed by atoms with Gasteiger partial charge >= 0.3 is 0 Å². The molecule has 0 bridgehead atoms. The molecule has 1 aromatic heterocycles. The van der Waals surface area contributed by atoms with Crippen LogP contribution in [0.15, 0.2) is 55.0 Å². The van der Waals surface area contributed by atoms with Gasteiger partial charge in [-0.2, -0.15) is 5.26 Å². The van der Waals surface area contributed by atoms with Crippen LogP contribution in [0, 0.1) is 17.1 Å². The van der Waals surface area contributed by atoms with Gasteiger partial charge in [0.15, 0.2) is 5.54 Å². The van der Waals surface area contributed by atoms with Crippen LogP contribution in [0.5, 0.6) is 5.75 Å². The second kappa shape index (κ2) is 8.23. The Morgan fingerprint density at radius 1 is 1.26 bits per heavy atom. The fourth-order valence-electron chi connectivity index (χ4n) is 4.42. The van der Waals surface area contributed by atoms with Crippen molar-refractivity contribution in [3.63, 3.8) is 0 Å². The number of nitrogens with zero attached hydrogens (tertiary/aromatic N) is 4. The molecule has 0 N–H and O–H groups in total. The largest absolute Gasteiger partial charge is 0.496 e. The highest BCUT2D eigenvalue weighted by atomic mass is 19.1. The predicted molar refractivity (Wildman–Crippen MR) is 113 cm³/mol. The summed E-state index contributed by atoms with van der Waals surface area (Å²) in [6, 6.07) is 13.5. The van der Waals surface area contributed by atoms with Crippen LogP contribution in [0.3, 0.4) is 0 Å². The Hall–Kier alpha value is -3.66. The van der Waals surface area contributed by atoms with Crippen molar-refractivity contribution in [2.24, 2.45) is 0 Å². The normalized spacial score (nSPS) is 17.9. The van der Waals surface area contributed by atoms with Crippen LogP contribution in [0.1, 0.15) is 42.1 Å². The van der Waals surface area contributed by atoms with E-state index in [1.54, 1.807) is 47.8 Å². The van der Waals surface area contributed by atoms with E-state index in [1.165, 1.54) is 19.2 Å². The molecule has 31 heavy (non-hydrogen) atoms. The van der Waals surface area contributed by atoms with E-state index in [-0.39, 0.29) is 11.7 Å². The molecule has 2 aromatic carbocycles. The topological polar surface area (TPSA) is 71.2 Å². The van der Waals surface area contributed by atoms with E-state index in [0.29, 0.717) is 36.4 Å². The average molecular weight is 418 g/mol. The Bertz CT molecular complexity index is 1150. The van der Waals surface area contributed by atoms with Crippen molar-refractivity contribution in [2.45, 2.75) is 38.4 Å². The quantitative estimate of drug-likeness (QED) is 0.607. The van der Waals surface area contributed by atoms with Crippen molar-refractivity contribution in [2.75, 3.05) is 7.11 Å². The van der Waals surface area contributed by atoms with Crippen molar-refractivity contribution in [1.29, 1.82) is 5.26 Å². The lowest BCUT2D eigenvalue weighted by atomic mass is 9.81. The number of hydrogen-bond acceptors (Lipinski definition) is 4. The lowest BCUT2D eigenvalue weighted by Crippen LogP contribution is -2.55. The molecular formula is C24H23FN4O2. The van der Waals surface area contributed by atoms with Crippen LogP contribution in [0.4, 0.5) is 4.39 Å². The fraction of sp³-hybridized carbons (Fsp3) is 0.292. The third kappa shape index (κ3) is 3.44. The number of halogens is 1. The van der Waals surface area contributed by atoms with Crippen LogP contribution >= 0.6 is 0 Å². The van der Waals surface area contributed by atoms with Gasteiger partial charge in [0.2, 0.25) is 0 Å². The molecule has 1 unspecified atom stereocenters. The molecule has 3 aromatic rings. The number of carbonyl (C=O) groups excluding carboxylic acids is 1. The van der Waals surface area contributed by atoms with Gasteiger partial charge in [-0.25, -0.2) is 9.37 Å². The van der Waals surface area contributed by atoms with Crippen molar-refractivity contribution in [3.05, 3.63) is 83.2 Å². The van der Waals surface area contributed by atoms with Crippen molar-refractivity contribution in [1.82, 2.24) is 14.5 Å². The molecule has 4 rings (SSSR count). The molecule has 1 amide bonds. The summed E-state index contributed by atoms with van der Waals surface area (Å²) in [4.78, 5) is 20.2. The van der Waals surface area contributed by atoms with E-state index in [2.05, 4.69) is 11.1 Å². The zero-order valence-corrected chi connectivity index (χ0v) is 17.5. The Kier molecular flexibility index (Phi) is 5.47. The van der Waals surface area contributed by atoms with Gasteiger partial charge in [-0.15, -0.1) is 0 Å². The number of carbonyl (C=O) groups is 1. The first kappa shape index (κ1) is 20.6. The molecule has 1 aliphatic heterocycles. The summed E-state index contributed by atoms with van der Waals surface area (Å²) < 4.78 is 20.9. The molecule has 0 radical (unpaired) electrons. The summed E-state index contributed by atoms with van der Waals surface area (Å²) in [6.07, 6.45) is 4.74. The Morgan fingerprint density at radius 2 is 2.03 bits per heavy atom. The highest BCUT2D eigenvalue weighted by Crippen LogP contribution is 2.43. The average Bonchev–Trinajstić information content (AvgIpc) is 3.26. The van der Waals surface area contributed by atoms with E-state index in [1.807, 2.05) is 11.5 Å². The van der Waals surface area contributed by atoms with Gasteiger partial charge in [-0.1, -0.05) is 31.5 Å². The number of methoxy groups -OCH3 is 1. The van der Waals surface area contributed by atoms with E-state index in [9.17, 15) is 14.4 Å². The molecule has 1 aliphatic rings. The molecule has 2 heterocycles. The molecular weight excluding hydrogens is 395 g/mol. The Labute approximate surface area is 180 Å². The van der Waals surface area contributed by atoms with Gasteiger partial charge < -0.3 is 14.2 Å². The summed E-state index contributed by atoms with van der Waals surface area (Å²) in [7, 11) is 1.54. The number of rotatable bonds is 6. The van der Waals surface area contributed by atoms with Crippen LogP contribution in [0.2, 0.25) is 0 Å². The number of imidazole rings is 1. The molecule has 0 saturated heterocycles. The second-order valence-corrected chi connectivity index (χ2v) is 7.68. The number of amides is 1. The van der Waals surface area contributed by atoms with Crippen LogP contribution in [0.25, 0.3) is 0 Å². The highest BCUT2D eigenvalue weighted by Gasteiger charge is 2.49. The molecule has 7 heteroatoms. The zero-order valence-electron chi connectivity index (χ0n) is 17.5. The Morgan fingerprint density at radius 3 is 2.71 bits per heavy atom. The lowest BCUT2D eigenvalue weighted by Gasteiger charge is -2.44. The number of benzene rings is 2. The number of nitriles is 1. The lowest BCUT2D eigenvalue weighted by molar-refractivity contribution is -0.143. The molecule has 0 aliphatic carbocycles. The van der Waals surface area contributed by atoms with Gasteiger partial charge in [0.1, 0.15) is 11.6 Å². The van der Waals surface area contributed by atoms with E-state index in [4.69, 9.17) is 4.74 Å². The van der Waals surface area contributed by atoms with Gasteiger partial charge in [-0.3, -0.25) is 4.79 Å². The summed E-state index contributed by atoms with van der Waals surface area (Å²) in [6.45, 7) is 2.79. The maximum atomic E-state index is 14.1. The van der Waals surface area contributed by atoms with E-state index >= 15 is 0 Å². The highest BCUT2D eigenvalue weighted by molar-refractivity contribution is 5.90. The summed E-state index contributed by atoms with van der Waals surface area (Å²) in [5.41, 5.74) is 1.87. The summed E-state index contributed by atoms with van der Waals surface area (Å²) >= 11 is 0. The third-order valence-electron chi connectivity index (χ3n) is 5.79. The minimum Gasteiger partial charge on any atom is -0.496 e. The van der Waals surface area contributed by atoms with E-state index in [0.717, 1.165) is 17.7 Å². The molecule has 6 nitrogen and oxygen atoms in total. The van der Waals surface area contributed by atoms with Crippen molar-refractivity contribution >= 4 is 5.91 Å². The van der Waals surface area contributed by atoms with Gasteiger partial charge in [0.05, 0.1) is 37.3 Å². The third-order valence-corrected chi connectivity index (χ3v) is 5.79. The molecule has 0 spiro atoms. The first-order chi connectivity index (χ1) is 15.0. The van der Waals surface area contributed by atoms with E-state index < -0.39 is 5.54 Å². The number of fused-ring (bicyclic) bond motifs is 1. The predicted octanol–water partition coefficient (Wildman–Crippen LogP) is 3.99. The number of hydrogen-bond donors (Lipinski definition) is 0. The second-order valence-electron chi connectivity index (χ2n) is 7.68. The minimum atomic E-state index is -1.04. The molecule has 0 saturated carbocycles. The maximum absolute atomic E-state index is 14.1. The first-order valence-corrected chi connectivity index (χ1v) is 10.2. The van der Waals surface area contributed by atoms with Gasteiger partial charge in [0, 0.05) is 18.3 Å². The Balaban J connectivity index is 1.87. The molecule has 0 fully saturated rings. The molecule has 158 valence electrons. The van der Waals surface area contributed by atoms with Crippen LogP contribution < -0.4 is 4.74 Å². The summed E-state index contributed by atoms with van der Waals surface area (Å²) in [5, 5.41) is 9.31. The standard InChI is InChI=1S/C24H23FN4O2/c1-3-10-24(21-9-6-18(12-26)11-22(21)31-2)23(30)28(15-20-13-27-16-29(20)24)14-17-4-7-19(25)8-5-17/h4-9,11,13,16H,3,10,14-15H2,1-2H3. The fourth-order valence-corrected chi connectivity index (χ4v) is 4.42. The smallest absolute Gasteiger partial charge is 0.254 e. The minimum absolute atomic E-state index is 0.0767.